The van der Waals surface area contributed by atoms with E-state index in [1.165, 1.54) is 6.07 Å². The van der Waals surface area contributed by atoms with Crippen molar-refractivity contribution in [1.29, 1.82) is 0 Å². The molecule has 0 fully saturated rings. The Morgan fingerprint density at radius 2 is 1.93 bits per heavy atom. The average Bonchev–Trinajstić information content (AvgIpc) is 2.69. The minimum atomic E-state index is -0.392. The summed E-state index contributed by atoms with van der Waals surface area (Å²) in [5.41, 5.74) is 2.34. The first-order chi connectivity index (χ1) is 13.2. The number of hydrogen-bond donors (Lipinski definition) is 1. The zero-order valence-electron chi connectivity index (χ0n) is 14.9. The van der Waals surface area contributed by atoms with E-state index in [2.05, 4.69) is 10.3 Å². The summed E-state index contributed by atoms with van der Waals surface area (Å²) in [6.45, 7) is 1.36. The molecule has 1 N–H and O–H groups in total. The van der Waals surface area contributed by atoms with Crippen molar-refractivity contribution in [2.45, 2.75) is 19.7 Å². The van der Waals surface area contributed by atoms with Gasteiger partial charge < -0.3 is 14.8 Å². The molecule has 27 heavy (non-hydrogen) atoms. The molecule has 2 aromatic carbocycles. The molecule has 0 radical (unpaired) electrons. The van der Waals surface area contributed by atoms with Gasteiger partial charge in [0.25, 0.3) is 0 Å². The molecule has 0 saturated heterocycles. The van der Waals surface area contributed by atoms with Crippen molar-refractivity contribution in [3.05, 3.63) is 88.5 Å². The molecule has 0 aliphatic rings. The number of pyridine rings is 1. The van der Waals surface area contributed by atoms with E-state index in [4.69, 9.17) is 21.1 Å². The van der Waals surface area contributed by atoms with Gasteiger partial charge in [-0.15, -0.1) is 0 Å². The van der Waals surface area contributed by atoms with Gasteiger partial charge in [-0.05, 0) is 42.0 Å². The molecule has 3 rings (SSSR count). The molecule has 0 unspecified atom stereocenters. The Labute approximate surface area is 162 Å². The van der Waals surface area contributed by atoms with Gasteiger partial charge in [-0.1, -0.05) is 29.8 Å². The third-order valence-corrected chi connectivity index (χ3v) is 4.38. The van der Waals surface area contributed by atoms with Crippen molar-refractivity contribution in [1.82, 2.24) is 10.3 Å². The molecule has 0 spiro atoms. The first-order valence-electron chi connectivity index (χ1n) is 8.50. The monoisotopic (exact) mass is 386 g/mol. The second-order valence-corrected chi connectivity index (χ2v) is 6.31. The van der Waals surface area contributed by atoms with Crippen LogP contribution in [0.2, 0.25) is 5.02 Å². The average molecular weight is 387 g/mol. The van der Waals surface area contributed by atoms with Gasteiger partial charge in [-0.3, -0.25) is 4.98 Å². The highest BCUT2D eigenvalue weighted by atomic mass is 35.5. The summed E-state index contributed by atoms with van der Waals surface area (Å²) in [6, 6.07) is 16.0. The summed E-state index contributed by atoms with van der Waals surface area (Å²) < 4.78 is 25.0. The highest BCUT2D eigenvalue weighted by molar-refractivity contribution is 6.31. The number of ether oxygens (including phenoxy) is 2. The first kappa shape index (κ1) is 19.1. The lowest BCUT2D eigenvalue weighted by Crippen LogP contribution is -2.13. The van der Waals surface area contributed by atoms with Gasteiger partial charge >= 0.3 is 0 Å². The zero-order chi connectivity index (χ0) is 19.1. The smallest absolute Gasteiger partial charge is 0.161 e. The lowest BCUT2D eigenvalue weighted by Gasteiger charge is -2.13. The molecule has 140 valence electrons. The summed E-state index contributed by atoms with van der Waals surface area (Å²) in [4.78, 5) is 4.28. The number of rotatable bonds is 8. The van der Waals surface area contributed by atoms with E-state index in [0.717, 1.165) is 11.3 Å². The van der Waals surface area contributed by atoms with Crippen LogP contribution >= 0.6 is 11.6 Å². The van der Waals surface area contributed by atoms with Crippen molar-refractivity contribution in [2.24, 2.45) is 0 Å². The standard InChI is InChI=1S/C21H20ClFN2O2/c1-26-21-11-15(12-24-13-16-5-2-3-10-25-16)8-9-20(21)27-14-17-18(22)6-4-7-19(17)23/h2-11,24H,12-14H2,1H3. The molecular formula is C21H20ClFN2O2. The summed E-state index contributed by atoms with van der Waals surface area (Å²) in [5.74, 6) is 0.724. The lowest BCUT2D eigenvalue weighted by atomic mass is 10.2. The predicted molar refractivity (Wildman–Crippen MR) is 104 cm³/mol. The predicted octanol–water partition coefficient (Wildman–Crippen LogP) is 4.75. The number of hydrogen-bond acceptors (Lipinski definition) is 4. The number of benzene rings is 2. The molecule has 3 aromatic rings. The van der Waals surface area contributed by atoms with Crippen LogP contribution < -0.4 is 14.8 Å². The van der Waals surface area contributed by atoms with Gasteiger partial charge in [0.2, 0.25) is 0 Å². The summed E-state index contributed by atoms with van der Waals surface area (Å²) in [5, 5.41) is 3.67. The summed E-state index contributed by atoms with van der Waals surface area (Å²) in [7, 11) is 1.57. The summed E-state index contributed by atoms with van der Waals surface area (Å²) >= 11 is 6.04. The third kappa shape index (κ3) is 5.18. The minimum Gasteiger partial charge on any atom is -0.493 e. The van der Waals surface area contributed by atoms with E-state index >= 15 is 0 Å². The van der Waals surface area contributed by atoms with Gasteiger partial charge in [-0.25, -0.2) is 4.39 Å². The number of aromatic nitrogens is 1. The Balaban J connectivity index is 1.62. The van der Waals surface area contributed by atoms with Gasteiger partial charge in [0.15, 0.2) is 11.5 Å². The molecule has 6 heteroatoms. The van der Waals surface area contributed by atoms with Crippen molar-refractivity contribution in [2.75, 3.05) is 7.11 Å². The Morgan fingerprint density at radius 1 is 1.04 bits per heavy atom. The Morgan fingerprint density at radius 3 is 2.67 bits per heavy atom. The molecule has 0 bridgehead atoms. The Bertz CT molecular complexity index is 870. The number of nitrogens with zero attached hydrogens (tertiary/aromatic N) is 1. The van der Waals surface area contributed by atoms with Crippen LogP contribution in [-0.4, -0.2) is 12.1 Å². The molecule has 0 aliphatic carbocycles. The van der Waals surface area contributed by atoms with Crippen LogP contribution in [0.15, 0.2) is 60.8 Å². The van der Waals surface area contributed by atoms with Crippen LogP contribution in [0.4, 0.5) is 4.39 Å². The second-order valence-electron chi connectivity index (χ2n) is 5.90. The SMILES string of the molecule is COc1cc(CNCc2ccccn2)ccc1OCc1c(F)cccc1Cl. The molecular weight excluding hydrogens is 367 g/mol. The van der Waals surface area contributed by atoms with E-state index in [1.54, 1.807) is 25.4 Å². The maximum atomic E-state index is 13.9. The van der Waals surface area contributed by atoms with Gasteiger partial charge in [0.05, 0.1) is 17.8 Å². The number of halogens is 2. The van der Waals surface area contributed by atoms with E-state index < -0.39 is 5.82 Å². The molecule has 0 saturated carbocycles. The van der Waals surface area contributed by atoms with Crippen LogP contribution in [0.3, 0.4) is 0 Å². The van der Waals surface area contributed by atoms with Crippen LogP contribution in [0.5, 0.6) is 11.5 Å². The fourth-order valence-electron chi connectivity index (χ4n) is 2.60. The van der Waals surface area contributed by atoms with E-state index in [9.17, 15) is 4.39 Å². The zero-order valence-corrected chi connectivity index (χ0v) is 15.7. The van der Waals surface area contributed by atoms with Gasteiger partial charge in [-0.2, -0.15) is 0 Å². The van der Waals surface area contributed by atoms with Crippen molar-refractivity contribution in [3.63, 3.8) is 0 Å². The molecule has 1 aromatic heterocycles. The van der Waals surface area contributed by atoms with Crippen molar-refractivity contribution < 1.29 is 13.9 Å². The van der Waals surface area contributed by atoms with Crippen molar-refractivity contribution in [3.8, 4) is 11.5 Å². The van der Waals surface area contributed by atoms with Crippen LogP contribution in [0, 0.1) is 5.82 Å². The van der Waals surface area contributed by atoms with Gasteiger partial charge in [0, 0.05) is 24.8 Å². The Kier molecular flexibility index (Phi) is 6.63. The maximum absolute atomic E-state index is 13.9. The van der Waals surface area contributed by atoms with Crippen molar-refractivity contribution >= 4 is 11.6 Å². The van der Waals surface area contributed by atoms with E-state index in [-0.39, 0.29) is 6.61 Å². The normalized spacial score (nSPS) is 10.6. The topological polar surface area (TPSA) is 43.4 Å². The molecule has 0 amide bonds. The van der Waals surface area contributed by atoms with Crippen LogP contribution in [-0.2, 0) is 19.7 Å². The first-order valence-corrected chi connectivity index (χ1v) is 8.88. The molecule has 4 nitrogen and oxygen atoms in total. The summed E-state index contributed by atoms with van der Waals surface area (Å²) in [6.07, 6.45) is 1.77. The largest absolute Gasteiger partial charge is 0.493 e. The third-order valence-electron chi connectivity index (χ3n) is 4.02. The van der Waals surface area contributed by atoms with Crippen LogP contribution in [0.1, 0.15) is 16.8 Å². The molecule has 0 aliphatic heterocycles. The highest BCUT2D eigenvalue weighted by Gasteiger charge is 2.11. The molecule has 0 atom stereocenters. The van der Waals surface area contributed by atoms with Crippen LogP contribution in [0.25, 0.3) is 0 Å². The second kappa shape index (κ2) is 9.35. The fourth-order valence-corrected chi connectivity index (χ4v) is 2.82. The maximum Gasteiger partial charge on any atom is 0.161 e. The Hall–Kier alpha value is -2.63. The molecule has 1 heterocycles. The highest BCUT2D eigenvalue weighted by Crippen LogP contribution is 2.30. The lowest BCUT2D eigenvalue weighted by molar-refractivity contribution is 0.279. The minimum absolute atomic E-state index is 0.0269. The quantitative estimate of drug-likeness (QED) is 0.606. The number of nitrogens with one attached hydrogen (secondary N) is 1. The van der Waals surface area contributed by atoms with E-state index in [0.29, 0.717) is 35.2 Å². The van der Waals surface area contributed by atoms with Gasteiger partial charge in [0.1, 0.15) is 12.4 Å². The fraction of sp³-hybridized carbons (Fsp3) is 0.190. The van der Waals surface area contributed by atoms with E-state index in [1.807, 2.05) is 36.4 Å². The number of methoxy groups -OCH3 is 1.